The summed E-state index contributed by atoms with van der Waals surface area (Å²) in [5, 5.41) is 15.0. The van der Waals surface area contributed by atoms with Crippen molar-refractivity contribution in [3.05, 3.63) is 29.3 Å². The molecule has 1 aliphatic heterocycles. The number of carboxylic acid groups (broad SMARTS) is 1. The van der Waals surface area contributed by atoms with E-state index in [1.807, 2.05) is 6.92 Å². The first-order chi connectivity index (χ1) is 9.06. The number of hydrogen-bond donors (Lipinski definition) is 3. The molecule has 19 heavy (non-hydrogen) atoms. The van der Waals surface area contributed by atoms with E-state index >= 15 is 0 Å². The molecule has 0 aliphatic carbocycles. The number of nitrogens with one attached hydrogen (secondary N) is 2. The van der Waals surface area contributed by atoms with E-state index in [1.165, 1.54) is 12.1 Å². The Bertz CT molecular complexity index is 493. The molecule has 1 unspecified atom stereocenters. The zero-order valence-electron chi connectivity index (χ0n) is 10.9. The highest BCUT2D eigenvalue weighted by Crippen LogP contribution is 2.18. The molecule has 1 aliphatic rings. The molecule has 0 aromatic heterocycles. The van der Waals surface area contributed by atoms with Gasteiger partial charge in [0.2, 0.25) is 5.91 Å². The lowest BCUT2D eigenvalue weighted by Crippen LogP contribution is -2.27. The number of amides is 1. The van der Waals surface area contributed by atoms with Gasteiger partial charge in [-0.3, -0.25) is 4.79 Å². The fraction of sp³-hybridized carbons (Fsp3) is 0.429. The Kier molecular flexibility index (Phi) is 4.16. The lowest BCUT2D eigenvalue weighted by atomic mass is 10.1. The molecule has 1 fully saturated rings. The van der Waals surface area contributed by atoms with Gasteiger partial charge < -0.3 is 15.7 Å². The van der Waals surface area contributed by atoms with Crippen LogP contribution in [0.25, 0.3) is 0 Å². The minimum atomic E-state index is -0.993. The average Bonchev–Trinajstić information content (AvgIpc) is 2.84. The zero-order chi connectivity index (χ0) is 13.8. The Morgan fingerprint density at radius 2 is 2.26 bits per heavy atom. The van der Waals surface area contributed by atoms with E-state index in [9.17, 15) is 9.59 Å². The van der Waals surface area contributed by atoms with Crippen molar-refractivity contribution in [2.75, 3.05) is 11.9 Å². The van der Waals surface area contributed by atoms with Crippen LogP contribution >= 0.6 is 0 Å². The highest BCUT2D eigenvalue weighted by molar-refractivity contribution is 5.94. The van der Waals surface area contributed by atoms with Crippen molar-refractivity contribution in [2.45, 2.75) is 32.2 Å². The number of rotatable bonds is 4. The second-order valence-electron chi connectivity index (χ2n) is 4.88. The van der Waals surface area contributed by atoms with Gasteiger partial charge in [0, 0.05) is 18.2 Å². The lowest BCUT2D eigenvalue weighted by molar-refractivity contribution is -0.116. The fourth-order valence-corrected chi connectivity index (χ4v) is 2.25. The molecule has 1 aromatic rings. The maximum Gasteiger partial charge on any atom is 0.335 e. The third kappa shape index (κ3) is 3.54. The molecule has 0 spiro atoms. The predicted molar refractivity (Wildman–Crippen MR) is 72.4 cm³/mol. The molecule has 102 valence electrons. The molecule has 5 nitrogen and oxygen atoms in total. The number of anilines is 1. The van der Waals surface area contributed by atoms with Crippen molar-refractivity contribution >= 4 is 17.6 Å². The van der Waals surface area contributed by atoms with Gasteiger partial charge >= 0.3 is 5.97 Å². The van der Waals surface area contributed by atoms with Gasteiger partial charge in [-0.15, -0.1) is 0 Å². The van der Waals surface area contributed by atoms with E-state index in [4.69, 9.17) is 5.11 Å². The first-order valence-electron chi connectivity index (χ1n) is 6.43. The molecule has 1 heterocycles. The zero-order valence-corrected chi connectivity index (χ0v) is 10.9. The topological polar surface area (TPSA) is 78.4 Å². The summed E-state index contributed by atoms with van der Waals surface area (Å²) in [4.78, 5) is 22.8. The van der Waals surface area contributed by atoms with Crippen LogP contribution in [0.4, 0.5) is 5.69 Å². The van der Waals surface area contributed by atoms with Gasteiger partial charge in [0.25, 0.3) is 0 Å². The maximum absolute atomic E-state index is 11.9. The first kappa shape index (κ1) is 13.5. The third-order valence-electron chi connectivity index (χ3n) is 3.35. The second-order valence-corrected chi connectivity index (χ2v) is 4.88. The minimum Gasteiger partial charge on any atom is -0.478 e. The van der Waals surface area contributed by atoms with Gasteiger partial charge in [0.15, 0.2) is 0 Å². The highest BCUT2D eigenvalue weighted by Gasteiger charge is 2.18. The highest BCUT2D eigenvalue weighted by atomic mass is 16.4. The quantitative estimate of drug-likeness (QED) is 0.772. The molecular weight excluding hydrogens is 244 g/mol. The van der Waals surface area contributed by atoms with E-state index in [0.29, 0.717) is 12.1 Å². The monoisotopic (exact) mass is 262 g/mol. The molecule has 1 aromatic carbocycles. The van der Waals surface area contributed by atoms with E-state index in [1.54, 1.807) is 6.07 Å². The van der Waals surface area contributed by atoms with Crippen molar-refractivity contribution in [3.8, 4) is 0 Å². The molecule has 2 rings (SSSR count). The third-order valence-corrected chi connectivity index (χ3v) is 3.35. The SMILES string of the molecule is Cc1ccc(C(=O)O)cc1NC(=O)CC1CCCN1. The van der Waals surface area contributed by atoms with Crippen LogP contribution < -0.4 is 10.6 Å². The van der Waals surface area contributed by atoms with E-state index in [-0.39, 0.29) is 17.5 Å². The maximum atomic E-state index is 11.9. The van der Waals surface area contributed by atoms with Crippen LogP contribution in [-0.4, -0.2) is 29.6 Å². The number of carbonyl (C=O) groups excluding carboxylic acids is 1. The van der Waals surface area contributed by atoms with E-state index in [0.717, 1.165) is 24.9 Å². The Hall–Kier alpha value is -1.88. The number of carboxylic acids is 1. The summed E-state index contributed by atoms with van der Waals surface area (Å²) in [6.45, 7) is 2.81. The Morgan fingerprint density at radius 3 is 2.89 bits per heavy atom. The van der Waals surface area contributed by atoms with E-state index in [2.05, 4.69) is 10.6 Å². The molecule has 1 amide bonds. The van der Waals surface area contributed by atoms with Crippen molar-refractivity contribution in [1.29, 1.82) is 0 Å². The van der Waals surface area contributed by atoms with Gasteiger partial charge in [-0.05, 0) is 44.0 Å². The number of carbonyl (C=O) groups is 2. The van der Waals surface area contributed by atoms with Crippen LogP contribution in [0.1, 0.15) is 35.2 Å². The van der Waals surface area contributed by atoms with Crippen molar-refractivity contribution in [3.63, 3.8) is 0 Å². The summed E-state index contributed by atoms with van der Waals surface area (Å²) in [5.41, 5.74) is 1.61. The summed E-state index contributed by atoms with van der Waals surface area (Å²) in [6, 6.07) is 4.97. The Morgan fingerprint density at radius 1 is 1.47 bits per heavy atom. The molecule has 1 saturated heterocycles. The summed E-state index contributed by atoms with van der Waals surface area (Å²) >= 11 is 0. The molecule has 0 bridgehead atoms. The van der Waals surface area contributed by atoms with Gasteiger partial charge in [-0.2, -0.15) is 0 Å². The number of aryl methyl sites for hydroxylation is 1. The summed E-state index contributed by atoms with van der Waals surface area (Å²) in [7, 11) is 0. The largest absolute Gasteiger partial charge is 0.478 e. The molecule has 0 saturated carbocycles. The van der Waals surface area contributed by atoms with Crippen molar-refractivity contribution in [1.82, 2.24) is 5.32 Å². The Labute approximate surface area is 112 Å². The predicted octanol–water partition coefficient (Wildman–Crippen LogP) is 1.77. The van der Waals surface area contributed by atoms with Crippen LogP contribution in [0.3, 0.4) is 0 Å². The summed E-state index contributed by atoms with van der Waals surface area (Å²) < 4.78 is 0. The molecule has 1 atom stereocenters. The summed E-state index contributed by atoms with van der Waals surface area (Å²) in [6.07, 6.45) is 2.55. The normalized spacial score (nSPS) is 18.3. The van der Waals surface area contributed by atoms with Crippen molar-refractivity contribution < 1.29 is 14.7 Å². The Balaban J connectivity index is 2.02. The smallest absolute Gasteiger partial charge is 0.335 e. The van der Waals surface area contributed by atoms with Crippen LogP contribution in [0, 0.1) is 6.92 Å². The standard InChI is InChI=1S/C14H18N2O3/c1-9-4-5-10(14(18)19)7-12(9)16-13(17)8-11-3-2-6-15-11/h4-5,7,11,15H,2-3,6,8H2,1H3,(H,16,17)(H,18,19). The summed E-state index contributed by atoms with van der Waals surface area (Å²) in [5.74, 6) is -1.07. The van der Waals surface area contributed by atoms with Gasteiger partial charge in [-0.1, -0.05) is 6.07 Å². The van der Waals surface area contributed by atoms with Crippen LogP contribution in [0.2, 0.25) is 0 Å². The van der Waals surface area contributed by atoms with Crippen LogP contribution in [-0.2, 0) is 4.79 Å². The second kappa shape index (κ2) is 5.84. The molecule has 3 N–H and O–H groups in total. The van der Waals surface area contributed by atoms with Crippen LogP contribution in [0.5, 0.6) is 0 Å². The number of aromatic carboxylic acids is 1. The lowest BCUT2D eigenvalue weighted by Gasteiger charge is -2.12. The van der Waals surface area contributed by atoms with Gasteiger partial charge in [0.1, 0.15) is 0 Å². The van der Waals surface area contributed by atoms with Crippen LogP contribution in [0.15, 0.2) is 18.2 Å². The minimum absolute atomic E-state index is 0.0787. The molecule has 5 heteroatoms. The van der Waals surface area contributed by atoms with Gasteiger partial charge in [0.05, 0.1) is 5.56 Å². The number of hydrogen-bond acceptors (Lipinski definition) is 3. The fourth-order valence-electron chi connectivity index (χ4n) is 2.25. The number of benzene rings is 1. The molecule has 0 radical (unpaired) electrons. The first-order valence-corrected chi connectivity index (χ1v) is 6.43. The molecular formula is C14H18N2O3. The van der Waals surface area contributed by atoms with Crippen molar-refractivity contribution in [2.24, 2.45) is 0 Å². The van der Waals surface area contributed by atoms with Gasteiger partial charge in [-0.25, -0.2) is 4.79 Å². The average molecular weight is 262 g/mol. The van der Waals surface area contributed by atoms with E-state index < -0.39 is 5.97 Å².